The molecule has 2 aromatic carbocycles. The van der Waals surface area contributed by atoms with Gasteiger partial charge in [0.2, 0.25) is 5.91 Å². The number of carbonyl (C=O) groups is 2. The fourth-order valence-corrected chi connectivity index (χ4v) is 3.48. The first-order valence-corrected chi connectivity index (χ1v) is 9.71. The second-order valence-electron chi connectivity index (χ2n) is 5.77. The molecule has 1 heterocycles. The number of hydrazine groups is 1. The number of nitrogens with one attached hydrogen (secondary N) is 4. The maximum absolute atomic E-state index is 12.8. The van der Waals surface area contributed by atoms with E-state index in [1.54, 1.807) is 12.1 Å². The first kappa shape index (κ1) is 21.2. The van der Waals surface area contributed by atoms with Gasteiger partial charge in [-0.15, -0.1) is 11.8 Å². The highest BCUT2D eigenvalue weighted by atomic mass is 35.5. The highest BCUT2D eigenvalue weighted by molar-refractivity contribution is 8.00. The maximum atomic E-state index is 12.8. The number of fused-ring (bicyclic) bond motifs is 1. The van der Waals surface area contributed by atoms with Gasteiger partial charge in [0, 0.05) is 10.5 Å². The van der Waals surface area contributed by atoms with Gasteiger partial charge in [-0.05, 0) is 48.6 Å². The Hall–Kier alpha value is -2.50. The van der Waals surface area contributed by atoms with Crippen LogP contribution in [-0.4, -0.2) is 22.7 Å². The summed E-state index contributed by atoms with van der Waals surface area (Å²) in [5.41, 5.74) is 4.52. The van der Waals surface area contributed by atoms with Crippen LogP contribution in [0.3, 0.4) is 0 Å². The van der Waals surface area contributed by atoms with E-state index in [9.17, 15) is 22.8 Å². The first-order valence-electron chi connectivity index (χ1n) is 7.94. The molecule has 0 saturated carbocycles. The molecule has 1 aliphatic rings. The Morgan fingerprint density at radius 3 is 2.66 bits per heavy atom. The second-order valence-corrected chi connectivity index (χ2v) is 7.61. The Bertz CT molecular complexity index is 1000. The van der Waals surface area contributed by atoms with Crippen molar-refractivity contribution >= 4 is 63.9 Å². The summed E-state index contributed by atoms with van der Waals surface area (Å²) in [5.74, 6) is -0.420. The first-order chi connectivity index (χ1) is 13.6. The van der Waals surface area contributed by atoms with Crippen LogP contribution in [0.25, 0.3) is 0 Å². The molecule has 2 amide bonds. The van der Waals surface area contributed by atoms with Crippen LogP contribution in [-0.2, 0) is 11.0 Å². The highest BCUT2D eigenvalue weighted by Crippen LogP contribution is 2.34. The van der Waals surface area contributed by atoms with Crippen LogP contribution in [0.4, 0.5) is 24.5 Å². The van der Waals surface area contributed by atoms with E-state index < -0.39 is 17.6 Å². The van der Waals surface area contributed by atoms with E-state index >= 15 is 0 Å². The van der Waals surface area contributed by atoms with Gasteiger partial charge in [-0.25, -0.2) is 0 Å². The van der Waals surface area contributed by atoms with Crippen molar-refractivity contribution in [2.24, 2.45) is 0 Å². The third-order valence-electron chi connectivity index (χ3n) is 3.71. The van der Waals surface area contributed by atoms with Crippen molar-refractivity contribution in [3.05, 3.63) is 52.5 Å². The number of alkyl halides is 3. The van der Waals surface area contributed by atoms with Crippen molar-refractivity contribution in [3.63, 3.8) is 0 Å². The van der Waals surface area contributed by atoms with Gasteiger partial charge in [0.1, 0.15) is 0 Å². The molecule has 0 saturated heterocycles. The lowest BCUT2D eigenvalue weighted by atomic mass is 10.2. The summed E-state index contributed by atoms with van der Waals surface area (Å²) in [6, 6.07) is 7.53. The van der Waals surface area contributed by atoms with Gasteiger partial charge in [-0.1, -0.05) is 11.6 Å². The van der Waals surface area contributed by atoms with E-state index in [1.807, 2.05) is 0 Å². The molecule has 2 aromatic rings. The molecule has 0 spiro atoms. The topological polar surface area (TPSA) is 82.3 Å². The van der Waals surface area contributed by atoms with Crippen LogP contribution in [0.5, 0.6) is 0 Å². The molecule has 1 aliphatic heterocycles. The van der Waals surface area contributed by atoms with E-state index in [0.717, 1.165) is 23.1 Å². The van der Waals surface area contributed by atoms with Crippen molar-refractivity contribution < 1.29 is 22.8 Å². The van der Waals surface area contributed by atoms with Crippen molar-refractivity contribution in [1.29, 1.82) is 0 Å². The number of halogens is 4. The fraction of sp³-hybridized carbons (Fsp3) is 0.118. The zero-order chi connectivity index (χ0) is 21.2. The van der Waals surface area contributed by atoms with Crippen LogP contribution in [0.15, 0.2) is 41.3 Å². The molecule has 152 valence electrons. The molecular formula is C17H12ClF3N4O2S2. The maximum Gasteiger partial charge on any atom is 0.416 e. The van der Waals surface area contributed by atoms with Crippen molar-refractivity contribution in [1.82, 2.24) is 10.9 Å². The molecule has 0 aromatic heterocycles. The number of carbonyl (C=O) groups excluding carboxylic acids is 2. The van der Waals surface area contributed by atoms with Crippen LogP contribution in [0.2, 0.25) is 5.02 Å². The van der Waals surface area contributed by atoms with E-state index in [0.29, 0.717) is 11.4 Å². The summed E-state index contributed by atoms with van der Waals surface area (Å²) in [6.07, 6.45) is -4.54. The summed E-state index contributed by atoms with van der Waals surface area (Å²) in [5, 5.41) is 5.03. The van der Waals surface area contributed by atoms with E-state index in [-0.39, 0.29) is 27.3 Å². The molecule has 3 rings (SSSR count). The minimum atomic E-state index is -4.54. The lowest BCUT2D eigenvalue weighted by Crippen LogP contribution is -2.43. The molecule has 0 bridgehead atoms. The predicted octanol–water partition coefficient (Wildman–Crippen LogP) is 4.03. The SMILES string of the molecule is O=C1CSc2ccc(C(=O)NNC(=S)Nc3cc(C(F)(F)F)ccc3Cl)cc2N1. The normalized spacial score (nSPS) is 13.2. The monoisotopic (exact) mass is 460 g/mol. The third kappa shape index (κ3) is 5.31. The van der Waals surface area contributed by atoms with Gasteiger partial charge in [0.05, 0.1) is 27.7 Å². The number of hydrogen-bond donors (Lipinski definition) is 4. The van der Waals surface area contributed by atoms with Crippen LogP contribution in [0.1, 0.15) is 15.9 Å². The van der Waals surface area contributed by atoms with Gasteiger partial charge < -0.3 is 10.6 Å². The number of hydrogen-bond acceptors (Lipinski definition) is 4. The number of benzene rings is 2. The van der Waals surface area contributed by atoms with Crippen molar-refractivity contribution in [2.45, 2.75) is 11.1 Å². The fourth-order valence-electron chi connectivity index (χ4n) is 2.36. The summed E-state index contributed by atoms with van der Waals surface area (Å²) in [7, 11) is 0. The minimum absolute atomic E-state index is 0.0244. The number of anilines is 2. The third-order valence-corrected chi connectivity index (χ3v) is 5.31. The summed E-state index contributed by atoms with van der Waals surface area (Å²) in [6.45, 7) is 0. The van der Waals surface area contributed by atoms with Crippen LogP contribution in [0, 0.1) is 0 Å². The molecule has 0 unspecified atom stereocenters. The van der Waals surface area contributed by atoms with E-state index in [1.165, 1.54) is 17.8 Å². The molecule has 0 atom stereocenters. The highest BCUT2D eigenvalue weighted by Gasteiger charge is 2.31. The smallest absolute Gasteiger partial charge is 0.330 e. The number of amides is 2. The van der Waals surface area contributed by atoms with E-state index in [4.69, 9.17) is 23.8 Å². The largest absolute Gasteiger partial charge is 0.416 e. The van der Waals surface area contributed by atoms with Gasteiger partial charge in [-0.2, -0.15) is 13.2 Å². The van der Waals surface area contributed by atoms with Gasteiger partial charge in [-0.3, -0.25) is 20.4 Å². The van der Waals surface area contributed by atoms with Gasteiger partial charge >= 0.3 is 6.18 Å². The number of thioether (sulfide) groups is 1. The van der Waals surface area contributed by atoms with Crippen LogP contribution >= 0.6 is 35.6 Å². The van der Waals surface area contributed by atoms with Gasteiger partial charge in [0.25, 0.3) is 5.91 Å². The van der Waals surface area contributed by atoms with Gasteiger partial charge in [0.15, 0.2) is 5.11 Å². The Morgan fingerprint density at radius 2 is 1.93 bits per heavy atom. The zero-order valence-corrected chi connectivity index (χ0v) is 16.7. The Labute approximate surface area is 177 Å². The summed E-state index contributed by atoms with van der Waals surface area (Å²) < 4.78 is 38.5. The lowest BCUT2D eigenvalue weighted by molar-refractivity contribution is -0.137. The molecule has 0 aliphatic carbocycles. The zero-order valence-electron chi connectivity index (χ0n) is 14.3. The van der Waals surface area contributed by atoms with E-state index in [2.05, 4.69) is 21.5 Å². The average Bonchev–Trinajstić information content (AvgIpc) is 2.66. The summed E-state index contributed by atoms with van der Waals surface area (Å²) >= 11 is 12.2. The quantitative estimate of drug-likeness (QED) is 0.400. The number of thiocarbonyl (C=S) groups is 1. The summed E-state index contributed by atoms with van der Waals surface area (Å²) in [4.78, 5) is 24.6. The average molecular weight is 461 g/mol. The molecule has 12 heteroatoms. The molecular weight excluding hydrogens is 449 g/mol. The van der Waals surface area contributed by atoms with Crippen molar-refractivity contribution in [3.8, 4) is 0 Å². The Morgan fingerprint density at radius 1 is 1.17 bits per heavy atom. The Kier molecular flexibility index (Phi) is 6.20. The molecule has 4 N–H and O–H groups in total. The lowest BCUT2D eigenvalue weighted by Gasteiger charge is -2.17. The Balaban J connectivity index is 1.62. The molecule has 29 heavy (non-hydrogen) atoms. The number of rotatable bonds is 2. The predicted molar refractivity (Wildman–Crippen MR) is 109 cm³/mol. The van der Waals surface area contributed by atoms with Crippen molar-refractivity contribution in [2.75, 3.05) is 16.4 Å². The minimum Gasteiger partial charge on any atom is -0.330 e. The second kappa shape index (κ2) is 8.47. The standard InChI is InChI=1S/C17H12ClF3N4O2S2/c18-10-3-2-9(17(19,20)21)6-11(10)23-16(28)25-24-15(27)8-1-4-13-12(5-8)22-14(26)7-29-13/h1-6H,7H2,(H,22,26)(H,24,27)(H2,23,25,28). The molecule has 0 fully saturated rings. The molecule has 6 nitrogen and oxygen atoms in total. The molecule has 0 radical (unpaired) electrons. The van der Waals surface area contributed by atoms with Crippen LogP contribution < -0.4 is 21.5 Å².